The van der Waals surface area contributed by atoms with Gasteiger partial charge in [0.25, 0.3) is 0 Å². The molecule has 2 N–H and O–H groups in total. The van der Waals surface area contributed by atoms with Crippen molar-refractivity contribution in [3.8, 4) is 11.5 Å². The first-order valence-electron chi connectivity index (χ1n) is 5.67. The Balaban J connectivity index is 1.78. The fourth-order valence-corrected chi connectivity index (χ4v) is 2.30. The molecule has 1 atom stereocenters. The highest BCUT2D eigenvalue weighted by Gasteiger charge is 2.38. The predicted molar refractivity (Wildman–Crippen MR) is 61.5 cm³/mol. The maximum Gasteiger partial charge on any atom is 0.157 e. The summed E-state index contributed by atoms with van der Waals surface area (Å²) in [5.41, 5.74) is 2.06. The lowest BCUT2D eigenvalue weighted by atomic mass is 10.1. The zero-order chi connectivity index (χ0) is 12.0. The van der Waals surface area contributed by atoms with Crippen LogP contribution >= 0.6 is 0 Å². The van der Waals surface area contributed by atoms with Crippen molar-refractivity contribution in [2.45, 2.75) is 18.9 Å². The molecule has 3 rings (SSSR count). The van der Waals surface area contributed by atoms with Crippen LogP contribution in [0.15, 0.2) is 30.0 Å². The first kappa shape index (κ1) is 10.2. The van der Waals surface area contributed by atoms with Crippen LogP contribution in [-0.4, -0.2) is 27.4 Å². The third-order valence-corrected chi connectivity index (χ3v) is 3.32. The Kier molecular flexibility index (Phi) is 2.11. The van der Waals surface area contributed by atoms with Crippen molar-refractivity contribution >= 4 is 5.78 Å². The van der Waals surface area contributed by atoms with Gasteiger partial charge >= 0.3 is 0 Å². The van der Waals surface area contributed by atoms with Gasteiger partial charge in [0.15, 0.2) is 17.3 Å². The van der Waals surface area contributed by atoms with Crippen LogP contribution in [0, 0.1) is 0 Å². The molecule has 1 aliphatic carbocycles. The SMILES string of the molecule is O=C1C=C(N2CC2c2ccc(O)c(O)c2)CC1. The number of phenolic OH excluding ortho intramolecular Hbond substituents is 2. The number of carbonyl (C=O) groups excluding carboxylic acids is 1. The predicted octanol–water partition coefficient (Wildman–Crippen LogP) is 1.70. The van der Waals surface area contributed by atoms with E-state index in [1.807, 2.05) is 0 Å². The van der Waals surface area contributed by atoms with E-state index >= 15 is 0 Å². The molecule has 0 amide bonds. The number of phenols is 2. The van der Waals surface area contributed by atoms with E-state index < -0.39 is 0 Å². The van der Waals surface area contributed by atoms with Crippen LogP contribution in [0.3, 0.4) is 0 Å². The van der Waals surface area contributed by atoms with Gasteiger partial charge in [0.05, 0.1) is 6.04 Å². The molecule has 1 fully saturated rings. The van der Waals surface area contributed by atoms with Gasteiger partial charge in [-0.1, -0.05) is 6.07 Å². The molecule has 0 bridgehead atoms. The summed E-state index contributed by atoms with van der Waals surface area (Å²) in [7, 11) is 0. The minimum Gasteiger partial charge on any atom is -0.504 e. The molecule has 0 aromatic heterocycles. The van der Waals surface area contributed by atoms with Gasteiger partial charge in [-0.25, -0.2) is 0 Å². The Labute approximate surface area is 98.8 Å². The van der Waals surface area contributed by atoms with E-state index in [4.69, 9.17) is 0 Å². The largest absolute Gasteiger partial charge is 0.504 e. The average molecular weight is 231 g/mol. The van der Waals surface area contributed by atoms with Gasteiger partial charge in [0, 0.05) is 24.7 Å². The van der Waals surface area contributed by atoms with Gasteiger partial charge in [-0.15, -0.1) is 0 Å². The summed E-state index contributed by atoms with van der Waals surface area (Å²) in [6, 6.07) is 5.11. The quantitative estimate of drug-likeness (QED) is 0.600. The zero-order valence-corrected chi connectivity index (χ0v) is 9.26. The number of hydrogen-bond acceptors (Lipinski definition) is 4. The fourth-order valence-electron chi connectivity index (χ4n) is 2.30. The molecule has 1 aromatic carbocycles. The molecular weight excluding hydrogens is 218 g/mol. The van der Waals surface area contributed by atoms with Crippen LogP contribution in [0.5, 0.6) is 11.5 Å². The lowest BCUT2D eigenvalue weighted by Gasteiger charge is -2.06. The molecule has 1 saturated heterocycles. The van der Waals surface area contributed by atoms with E-state index in [0.29, 0.717) is 6.42 Å². The van der Waals surface area contributed by atoms with Crippen molar-refractivity contribution in [2.24, 2.45) is 0 Å². The summed E-state index contributed by atoms with van der Waals surface area (Å²) >= 11 is 0. The Morgan fingerprint density at radius 1 is 1.18 bits per heavy atom. The van der Waals surface area contributed by atoms with Gasteiger partial charge in [0.2, 0.25) is 0 Å². The summed E-state index contributed by atoms with van der Waals surface area (Å²) in [4.78, 5) is 13.3. The highest BCUT2D eigenvalue weighted by molar-refractivity contribution is 5.92. The molecule has 0 saturated carbocycles. The number of allylic oxidation sites excluding steroid dienone is 2. The summed E-state index contributed by atoms with van der Waals surface area (Å²) in [6.45, 7) is 0.878. The van der Waals surface area contributed by atoms with Crippen LogP contribution in [0.25, 0.3) is 0 Å². The van der Waals surface area contributed by atoms with Crippen molar-refractivity contribution in [1.29, 1.82) is 0 Å². The minimum absolute atomic E-state index is 0.0918. The molecule has 1 aliphatic heterocycles. The third kappa shape index (κ3) is 1.75. The number of ketones is 1. The molecule has 17 heavy (non-hydrogen) atoms. The van der Waals surface area contributed by atoms with Gasteiger partial charge in [-0.3, -0.25) is 4.79 Å². The number of benzene rings is 1. The smallest absolute Gasteiger partial charge is 0.157 e. The zero-order valence-electron chi connectivity index (χ0n) is 9.26. The summed E-state index contributed by atoms with van der Waals surface area (Å²) in [5, 5.41) is 18.7. The Hall–Kier alpha value is -1.97. The van der Waals surface area contributed by atoms with Crippen molar-refractivity contribution in [2.75, 3.05) is 6.54 Å². The second kappa shape index (κ2) is 3.52. The first-order valence-corrected chi connectivity index (χ1v) is 5.67. The second-order valence-electron chi connectivity index (χ2n) is 4.52. The molecule has 1 aromatic rings. The molecular formula is C13H13NO3. The monoisotopic (exact) mass is 231 g/mol. The van der Waals surface area contributed by atoms with E-state index in [2.05, 4.69) is 4.90 Å². The molecule has 0 spiro atoms. The topological polar surface area (TPSA) is 60.5 Å². The van der Waals surface area contributed by atoms with Crippen LogP contribution in [0.4, 0.5) is 0 Å². The number of rotatable bonds is 2. The van der Waals surface area contributed by atoms with Crippen LogP contribution in [-0.2, 0) is 4.79 Å². The van der Waals surface area contributed by atoms with Crippen molar-refractivity contribution in [1.82, 2.24) is 4.90 Å². The fraction of sp³-hybridized carbons (Fsp3) is 0.308. The molecule has 4 heteroatoms. The Morgan fingerprint density at radius 2 is 2.00 bits per heavy atom. The summed E-state index contributed by atoms with van der Waals surface area (Å²) in [5.74, 6) is 0.00115. The summed E-state index contributed by atoms with van der Waals surface area (Å²) in [6.07, 6.45) is 3.14. The van der Waals surface area contributed by atoms with Gasteiger partial charge in [-0.2, -0.15) is 0 Å². The lowest BCUT2D eigenvalue weighted by molar-refractivity contribution is -0.114. The Bertz CT molecular complexity index is 521. The number of hydrogen-bond donors (Lipinski definition) is 2. The van der Waals surface area contributed by atoms with Crippen molar-refractivity contribution in [3.63, 3.8) is 0 Å². The lowest BCUT2D eigenvalue weighted by Crippen LogP contribution is -1.95. The van der Waals surface area contributed by atoms with E-state index in [-0.39, 0.29) is 23.3 Å². The average Bonchev–Trinajstić information content (AvgIpc) is 2.99. The van der Waals surface area contributed by atoms with E-state index in [1.54, 1.807) is 18.2 Å². The standard InChI is InChI=1S/C13H13NO3/c15-10-3-2-9(6-10)14-7-11(14)8-1-4-12(16)13(17)5-8/h1,4-6,11,16-17H,2-3,7H2. The van der Waals surface area contributed by atoms with E-state index in [1.165, 1.54) is 6.07 Å². The number of carbonyl (C=O) groups is 1. The maximum atomic E-state index is 11.2. The van der Waals surface area contributed by atoms with E-state index in [0.717, 1.165) is 24.2 Å². The van der Waals surface area contributed by atoms with E-state index in [9.17, 15) is 15.0 Å². The minimum atomic E-state index is -0.101. The molecule has 88 valence electrons. The molecule has 1 unspecified atom stereocenters. The van der Waals surface area contributed by atoms with Crippen LogP contribution in [0.2, 0.25) is 0 Å². The molecule has 4 nitrogen and oxygen atoms in total. The highest BCUT2D eigenvalue weighted by Crippen LogP contribution is 2.43. The van der Waals surface area contributed by atoms with Crippen LogP contribution < -0.4 is 0 Å². The van der Waals surface area contributed by atoms with Crippen molar-refractivity contribution in [3.05, 3.63) is 35.5 Å². The third-order valence-electron chi connectivity index (χ3n) is 3.32. The van der Waals surface area contributed by atoms with Crippen molar-refractivity contribution < 1.29 is 15.0 Å². The Morgan fingerprint density at radius 3 is 2.65 bits per heavy atom. The number of nitrogens with zero attached hydrogens (tertiary/aromatic N) is 1. The van der Waals surface area contributed by atoms with Gasteiger partial charge in [-0.05, 0) is 24.1 Å². The van der Waals surface area contributed by atoms with Crippen LogP contribution in [0.1, 0.15) is 24.4 Å². The highest BCUT2D eigenvalue weighted by atomic mass is 16.3. The van der Waals surface area contributed by atoms with Gasteiger partial charge < -0.3 is 15.1 Å². The number of aromatic hydroxyl groups is 2. The first-order chi connectivity index (χ1) is 8.15. The molecule has 1 heterocycles. The maximum absolute atomic E-state index is 11.2. The van der Waals surface area contributed by atoms with Gasteiger partial charge in [0.1, 0.15) is 0 Å². The normalized spacial score (nSPS) is 22.8. The second-order valence-corrected chi connectivity index (χ2v) is 4.52. The summed E-state index contributed by atoms with van der Waals surface area (Å²) < 4.78 is 0. The molecule has 2 aliphatic rings. The molecule has 0 radical (unpaired) electrons.